The number of carbonyl (C=O) groups excluding carboxylic acids is 2. The zero-order valence-electron chi connectivity index (χ0n) is 8.11. The number of aliphatic imine (C=N–C) groups is 1. The SMILES string of the molecule is NC1=NC(=O)C(c2ccccc2Cl)C(=O)N1. The van der Waals surface area contributed by atoms with E-state index in [-0.39, 0.29) is 5.96 Å². The van der Waals surface area contributed by atoms with E-state index in [9.17, 15) is 9.59 Å². The van der Waals surface area contributed by atoms with Crippen LogP contribution in [0, 0.1) is 0 Å². The molecule has 2 amide bonds. The average Bonchev–Trinajstić information content (AvgIpc) is 2.19. The zero-order chi connectivity index (χ0) is 11.7. The minimum atomic E-state index is -1.01. The molecule has 1 unspecified atom stereocenters. The van der Waals surface area contributed by atoms with E-state index in [0.29, 0.717) is 10.6 Å². The summed E-state index contributed by atoms with van der Waals surface area (Å²) in [5.41, 5.74) is 5.69. The van der Waals surface area contributed by atoms with Gasteiger partial charge in [-0.05, 0) is 11.6 Å². The summed E-state index contributed by atoms with van der Waals surface area (Å²) >= 11 is 5.91. The first-order chi connectivity index (χ1) is 7.59. The Morgan fingerprint density at radius 2 is 2.00 bits per heavy atom. The van der Waals surface area contributed by atoms with E-state index in [2.05, 4.69) is 10.3 Å². The molecular weight excluding hydrogens is 230 g/mol. The highest BCUT2D eigenvalue weighted by atomic mass is 35.5. The highest BCUT2D eigenvalue weighted by Gasteiger charge is 2.33. The number of carbonyl (C=O) groups is 2. The molecule has 6 heteroatoms. The second-order valence-electron chi connectivity index (χ2n) is 3.28. The lowest BCUT2D eigenvalue weighted by atomic mass is 9.96. The highest BCUT2D eigenvalue weighted by Crippen LogP contribution is 2.26. The molecule has 1 aromatic carbocycles. The molecule has 5 nitrogen and oxygen atoms in total. The Bertz CT molecular complexity index is 499. The number of hydrogen-bond acceptors (Lipinski definition) is 3. The predicted octanol–water partition coefficient (Wildman–Crippen LogP) is 0.395. The number of amides is 2. The molecule has 1 aliphatic rings. The van der Waals surface area contributed by atoms with Crippen molar-refractivity contribution in [2.75, 3.05) is 0 Å². The third kappa shape index (κ3) is 1.77. The van der Waals surface area contributed by atoms with Crippen LogP contribution in [0.25, 0.3) is 0 Å². The van der Waals surface area contributed by atoms with E-state index in [0.717, 1.165) is 0 Å². The van der Waals surface area contributed by atoms with Gasteiger partial charge in [0.05, 0.1) is 0 Å². The van der Waals surface area contributed by atoms with Crippen molar-refractivity contribution >= 4 is 29.4 Å². The molecule has 0 aliphatic carbocycles. The summed E-state index contributed by atoms with van der Waals surface area (Å²) in [6.07, 6.45) is 0. The Labute approximate surface area is 96.3 Å². The van der Waals surface area contributed by atoms with Crippen molar-refractivity contribution in [3.05, 3.63) is 34.9 Å². The third-order valence-electron chi connectivity index (χ3n) is 2.21. The van der Waals surface area contributed by atoms with Crippen LogP contribution in [0.5, 0.6) is 0 Å². The van der Waals surface area contributed by atoms with Gasteiger partial charge in [-0.15, -0.1) is 0 Å². The Kier molecular flexibility index (Phi) is 2.62. The maximum absolute atomic E-state index is 11.6. The molecule has 0 saturated carbocycles. The van der Waals surface area contributed by atoms with Gasteiger partial charge in [-0.1, -0.05) is 29.8 Å². The minimum absolute atomic E-state index is 0.182. The van der Waals surface area contributed by atoms with E-state index >= 15 is 0 Å². The second kappa shape index (κ2) is 3.94. The van der Waals surface area contributed by atoms with Crippen LogP contribution < -0.4 is 11.1 Å². The summed E-state index contributed by atoms with van der Waals surface area (Å²) in [5, 5.41) is 2.65. The molecule has 16 heavy (non-hydrogen) atoms. The molecule has 2 rings (SSSR count). The van der Waals surface area contributed by atoms with Crippen molar-refractivity contribution in [1.82, 2.24) is 5.32 Å². The first-order valence-electron chi connectivity index (χ1n) is 4.53. The summed E-state index contributed by atoms with van der Waals surface area (Å²) < 4.78 is 0. The lowest BCUT2D eigenvalue weighted by Gasteiger charge is -2.18. The van der Waals surface area contributed by atoms with Gasteiger partial charge in [0.2, 0.25) is 11.9 Å². The van der Waals surface area contributed by atoms with Crippen LogP contribution in [-0.2, 0) is 9.59 Å². The minimum Gasteiger partial charge on any atom is -0.369 e. The fourth-order valence-electron chi connectivity index (χ4n) is 1.51. The predicted molar refractivity (Wildman–Crippen MR) is 59.0 cm³/mol. The van der Waals surface area contributed by atoms with Gasteiger partial charge in [0.25, 0.3) is 5.91 Å². The van der Waals surface area contributed by atoms with Crippen LogP contribution in [0.1, 0.15) is 11.5 Å². The topological polar surface area (TPSA) is 84.5 Å². The Balaban J connectivity index is 2.46. The van der Waals surface area contributed by atoms with Crippen LogP contribution in [0.3, 0.4) is 0 Å². The number of benzene rings is 1. The molecular formula is C10H8ClN3O2. The average molecular weight is 238 g/mol. The molecule has 0 saturated heterocycles. The lowest BCUT2D eigenvalue weighted by Crippen LogP contribution is -2.46. The Hall–Kier alpha value is -1.88. The van der Waals surface area contributed by atoms with Gasteiger partial charge in [-0.3, -0.25) is 14.9 Å². The Morgan fingerprint density at radius 3 is 2.62 bits per heavy atom. The Morgan fingerprint density at radius 1 is 1.31 bits per heavy atom. The van der Waals surface area contributed by atoms with Crippen LogP contribution in [-0.4, -0.2) is 17.8 Å². The van der Waals surface area contributed by atoms with Gasteiger partial charge < -0.3 is 5.73 Å². The smallest absolute Gasteiger partial charge is 0.266 e. The number of nitrogens with two attached hydrogens (primary N) is 1. The van der Waals surface area contributed by atoms with Crippen molar-refractivity contribution < 1.29 is 9.59 Å². The summed E-state index contributed by atoms with van der Waals surface area (Å²) in [7, 11) is 0. The van der Waals surface area contributed by atoms with Crippen molar-refractivity contribution in [2.45, 2.75) is 5.92 Å². The maximum Gasteiger partial charge on any atom is 0.266 e. The van der Waals surface area contributed by atoms with Crippen LogP contribution in [0.2, 0.25) is 5.02 Å². The van der Waals surface area contributed by atoms with Gasteiger partial charge in [0.1, 0.15) is 5.92 Å². The summed E-state index contributed by atoms with van der Waals surface area (Å²) in [5.74, 6) is -2.31. The quantitative estimate of drug-likeness (QED) is 0.693. The summed E-state index contributed by atoms with van der Waals surface area (Å²) in [6, 6.07) is 6.64. The first-order valence-corrected chi connectivity index (χ1v) is 4.90. The standard InChI is InChI=1S/C10H8ClN3O2/c11-6-4-2-1-3-5(6)7-8(15)13-10(12)14-9(7)16/h1-4,7H,(H3,12,13,14,15,16). The van der Waals surface area contributed by atoms with Crippen molar-refractivity contribution in [3.8, 4) is 0 Å². The molecule has 1 aromatic rings. The molecule has 82 valence electrons. The fraction of sp³-hybridized carbons (Fsp3) is 0.100. The van der Waals surface area contributed by atoms with E-state index in [1.54, 1.807) is 24.3 Å². The number of halogens is 1. The van der Waals surface area contributed by atoms with E-state index in [1.807, 2.05) is 0 Å². The van der Waals surface area contributed by atoms with Crippen molar-refractivity contribution in [3.63, 3.8) is 0 Å². The molecule has 1 aliphatic heterocycles. The van der Waals surface area contributed by atoms with Gasteiger partial charge >= 0.3 is 0 Å². The monoisotopic (exact) mass is 237 g/mol. The highest BCUT2D eigenvalue weighted by molar-refractivity contribution is 6.32. The van der Waals surface area contributed by atoms with E-state index in [1.165, 1.54) is 0 Å². The summed E-state index contributed by atoms with van der Waals surface area (Å²) in [6.45, 7) is 0. The lowest BCUT2D eigenvalue weighted by molar-refractivity contribution is -0.129. The molecule has 0 spiro atoms. The number of rotatable bonds is 1. The van der Waals surface area contributed by atoms with Gasteiger partial charge in [-0.2, -0.15) is 4.99 Å². The maximum atomic E-state index is 11.6. The molecule has 1 atom stereocenters. The third-order valence-corrected chi connectivity index (χ3v) is 2.55. The fourth-order valence-corrected chi connectivity index (χ4v) is 1.75. The van der Waals surface area contributed by atoms with E-state index in [4.69, 9.17) is 17.3 Å². The molecule has 0 bridgehead atoms. The van der Waals surface area contributed by atoms with Crippen LogP contribution in [0.15, 0.2) is 29.3 Å². The molecule has 0 aromatic heterocycles. The number of nitrogens with zero attached hydrogens (tertiary/aromatic N) is 1. The van der Waals surface area contributed by atoms with Gasteiger partial charge in [0.15, 0.2) is 0 Å². The van der Waals surface area contributed by atoms with Crippen LogP contribution >= 0.6 is 11.6 Å². The molecule has 0 fully saturated rings. The molecule has 0 radical (unpaired) electrons. The van der Waals surface area contributed by atoms with Crippen LogP contribution in [0.4, 0.5) is 0 Å². The largest absolute Gasteiger partial charge is 0.369 e. The molecule has 3 N–H and O–H groups in total. The van der Waals surface area contributed by atoms with Crippen molar-refractivity contribution in [1.29, 1.82) is 0 Å². The number of guanidine groups is 1. The van der Waals surface area contributed by atoms with Crippen molar-refractivity contribution in [2.24, 2.45) is 10.7 Å². The zero-order valence-corrected chi connectivity index (χ0v) is 8.86. The van der Waals surface area contributed by atoms with Gasteiger partial charge in [0, 0.05) is 5.02 Å². The number of hydrogen-bond donors (Lipinski definition) is 2. The van der Waals surface area contributed by atoms with Gasteiger partial charge in [-0.25, -0.2) is 0 Å². The molecule has 1 heterocycles. The van der Waals surface area contributed by atoms with E-state index < -0.39 is 17.7 Å². The second-order valence-corrected chi connectivity index (χ2v) is 3.69. The summed E-state index contributed by atoms with van der Waals surface area (Å²) in [4.78, 5) is 26.7. The normalized spacial score (nSPS) is 20.3. The first kappa shape index (κ1) is 10.6. The number of nitrogens with one attached hydrogen (secondary N) is 1.